The summed E-state index contributed by atoms with van der Waals surface area (Å²) >= 11 is 1.47. The van der Waals surface area contributed by atoms with Gasteiger partial charge in [-0.25, -0.2) is 4.39 Å². The molecule has 0 radical (unpaired) electrons. The van der Waals surface area contributed by atoms with E-state index in [9.17, 15) is 9.59 Å². The van der Waals surface area contributed by atoms with Gasteiger partial charge in [-0.3, -0.25) is 14.5 Å². The highest BCUT2D eigenvalue weighted by Gasteiger charge is 2.35. The van der Waals surface area contributed by atoms with Crippen molar-refractivity contribution in [2.75, 3.05) is 12.0 Å². The van der Waals surface area contributed by atoms with Crippen LogP contribution >= 0.6 is 11.3 Å². The first kappa shape index (κ1) is 23.0. The van der Waals surface area contributed by atoms with Gasteiger partial charge >= 0.3 is 0 Å². The molecule has 4 rings (SSSR count). The van der Waals surface area contributed by atoms with Crippen LogP contribution in [0, 0.1) is 5.82 Å². The number of benzene rings is 2. The minimum Gasteiger partial charge on any atom is -0.497 e. The van der Waals surface area contributed by atoms with Gasteiger partial charge in [0.05, 0.1) is 13.5 Å². The van der Waals surface area contributed by atoms with Gasteiger partial charge in [0.2, 0.25) is 11.8 Å². The highest BCUT2D eigenvalue weighted by molar-refractivity contribution is 7.10. The van der Waals surface area contributed by atoms with Gasteiger partial charge in [-0.15, -0.1) is 11.3 Å². The fourth-order valence-corrected chi connectivity index (χ4v) is 4.97. The summed E-state index contributed by atoms with van der Waals surface area (Å²) < 4.78 is 20.3. The topological polar surface area (TPSA) is 58.6 Å². The van der Waals surface area contributed by atoms with Crippen LogP contribution in [0.4, 0.5) is 10.1 Å². The van der Waals surface area contributed by atoms with E-state index >= 15 is 4.39 Å². The third kappa shape index (κ3) is 5.42. The van der Waals surface area contributed by atoms with Crippen LogP contribution in [0.15, 0.2) is 66.0 Å². The van der Waals surface area contributed by atoms with E-state index in [0.29, 0.717) is 11.4 Å². The van der Waals surface area contributed by atoms with E-state index in [1.165, 1.54) is 22.3 Å². The number of methoxy groups -OCH3 is 1. The van der Waals surface area contributed by atoms with Crippen LogP contribution in [0.5, 0.6) is 5.75 Å². The summed E-state index contributed by atoms with van der Waals surface area (Å²) in [6, 6.07) is 15.7. The predicted molar refractivity (Wildman–Crippen MR) is 128 cm³/mol. The zero-order valence-electron chi connectivity index (χ0n) is 18.5. The van der Waals surface area contributed by atoms with Crippen LogP contribution in [0.2, 0.25) is 0 Å². The molecule has 33 heavy (non-hydrogen) atoms. The van der Waals surface area contributed by atoms with Crippen molar-refractivity contribution < 1.29 is 18.7 Å². The number of thiophene rings is 1. The maximum atomic E-state index is 15.0. The van der Waals surface area contributed by atoms with Crippen molar-refractivity contribution in [2.24, 2.45) is 0 Å². The predicted octanol–water partition coefficient (Wildman–Crippen LogP) is 5.27. The smallest absolute Gasteiger partial charge is 0.248 e. The fourth-order valence-electron chi connectivity index (χ4n) is 4.27. The first-order valence-electron chi connectivity index (χ1n) is 11.1. The molecular weight excluding hydrogens is 439 g/mol. The van der Waals surface area contributed by atoms with Crippen LogP contribution in [-0.4, -0.2) is 25.0 Å². The monoisotopic (exact) mass is 466 g/mol. The second-order valence-corrected chi connectivity index (χ2v) is 9.16. The number of hydrogen-bond acceptors (Lipinski definition) is 4. The normalized spacial score (nSPS) is 14.6. The van der Waals surface area contributed by atoms with Gasteiger partial charge in [0.25, 0.3) is 0 Å². The Morgan fingerprint density at radius 1 is 1.09 bits per heavy atom. The maximum absolute atomic E-state index is 15.0. The fraction of sp³-hybridized carbons (Fsp3) is 0.308. The Hall–Kier alpha value is -3.19. The van der Waals surface area contributed by atoms with Crippen LogP contribution in [-0.2, 0) is 16.0 Å². The molecule has 172 valence electrons. The van der Waals surface area contributed by atoms with Gasteiger partial charge < -0.3 is 10.1 Å². The molecule has 5 nitrogen and oxygen atoms in total. The third-order valence-corrected chi connectivity index (χ3v) is 6.81. The van der Waals surface area contributed by atoms with Gasteiger partial charge in [0.15, 0.2) is 0 Å². The SMILES string of the molecule is COc1ccc(N(C(=O)Cc2cccs2)[C@@H](C(=O)NC2CCCC2)c2ccccc2F)cc1. The van der Waals surface area contributed by atoms with Crippen LogP contribution < -0.4 is 15.0 Å². The first-order chi connectivity index (χ1) is 16.1. The van der Waals surface area contributed by atoms with Crippen LogP contribution in [0.1, 0.15) is 42.2 Å². The van der Waals surface area contributed by atoms with Gasteiger partial charge in [-0.2, -0.15) is 0 Å². The van der Waals surface area contributed by atoms with Gasteiger partial charge in [0.1, 0.15) is 17.6 Å². The maximum Gasteiger partial charge on any atom is 0.248 e. The number of carbonyl (C=O) groups excluding carboxylic acids is 2. The number of amides is 2. The molecule has 1 heterocycles. The Morgan fingerprint density at radius 2 is 1.82 bits per heavy atom. The molecule has 1 atom stereocenters. The van der Waals surface area contributed by atoms with E-state index in [1.807, 2.05) is 17.5 Å². The average molecular weight is 467 g/mol. The van der Waals surface area contributed by atoms with Crippen molar-refractivity contribution in [3.63, 3.8) is 0 Å². The van der Waals surface area contributed by atoms with Gasteiger partial charge in [0, 0.05) is 22.2 Å². The van der Waals surface area contributed by atoms with E-state index in [4.69, 9.17) is 4.74 Å². The number of anilines is 1. The van der Waals surface area contributed by atoms with Crippen molar-refractivity contribution in [3.05, 3.63) is 82.3 Å². The molecule has 0 aliphatic heterocycles. The number of ether oxygens (including phenoxy) is 1. The van der Waals surface area contributed by atoms with E-state index < -0.39 is 11.9 Å². The summed E-state index contributed by atoms with van der Waals surface area (Å²) in [5, 5.41) is 4.97. The van der Waals surface area contributed by atoms with Crippen molar-refractivity contribution in [2.45, 2.75) is 44.2 Å². The first-order valence-corrected chi connectivity index (χ1v) is 12.0. The zero-order valence-corrected chi connectivity index (χ0v) is 19.3. The van der Waals surface area contributed by atoms with Crippen LogP contribution in [0.3, 0.4) is 0 Å². The molecule has 1 aromatic heterocycles. The van der Waals surface area contributed by atoms with E-state index in [-0.39, 0.29) is 29.8 Å². The zero-order chi connectivity index (χ0) is 23.2. The Labute approximate surface area is 197 Å². The minimum atomic E-state index is -1.13. The van der Waals surface area contributed by atoms with E-state index in [1.54, 1.807) is 49.6 Å². The van der Waals surface area contributed by atoms with Gasteiger partial charge in [-0.05, 0) is 54.6 Å². The number of nitrogens with zero attached hydrogens (tertiary/aromatic N) is 1. The molecule has 1 N–H and O–H groups in total. The summed E-state index contributed by atoms with van der Waals surface area (Å²) in [6.07, 6.45) is 4.00. The van der Waals surface area contributed by atoms with E-state index in [2.05, 4.69) is 5.32 Å². The minimum absolute atomic E-state index is 0.0388. The van der Waals surface area contributed by atoms with Crippen LogP contribution in [0.25, 0.3) is 0 Å². The summed E-state index contributed by atoms with van der Waals surface area (Å²) in [7, 11) is 1.56. The van der Waals surface area contributed by atoms with E-state index in [0.717, 1.165) is 30.6 Å². The molecule has 2 aromatic carbocycles. The molecule has 1 aliphatic carbocycles. The quantitative estimate of drug-likeness (QED) is 0.492. The van der Waals surface area contributed by atoms with Crippen molar-refractivity contribution >= 4 is 28.8 Å². The second-order valence-electron chi connectivity index (χ2n) is 8.13. The highest BCUT2D eigenvalue weighted by Crippen LogP contribution is 2.32. The number of hydrogen-bond donors (Lipinski definition) is 1. The van der Waals surface area contributed by atoms with Gasteiger partial charge in [-0.1, -0.05) is 37.1 Å². The summed E-state index contributed by atoms with van der Waals surface area (Å²) in [5.74, 6) is -0.548. The standard InChI is InChI=1S/C26H27FN2O3S/c1-32-20-14-12-19(13-15-20)29(24(30)17-21-9-6-16-33-21)25(22-10-4-5-11-23(22)27)26(31)28-18-7-2-3-8-18/h4-6,9-16,18,25H,2-3,7-8,17H2,1H3,(H,28,31)/t25-/m1/s1. The largest absolute Gasteiger partial charge is 0.497 e. The average Bonchev–Trinajstić information content (AvgIpc) is 3.52. The Morgan fingerprint density at radius 3 is 2.45 bits per heavy atom. The Bertz CT molecular complexity index is 1080. The number of halogens is 1. The molecule has 0 saturated heterocycles. The lowest BCUT2D eigenvalue weighted by Gasteiger charge is -2.32. The summed E-state index contributed by atoms with van der Waals surface area (Å²) in [5.41, 5.74) is 0.676. The molecule has 0 unspecified atom stereocenters. The molecule has 1 aliphatic rings. The highest BCUT2D eigenvalue weighted by atomic mass is 32.1. The summed E-state index contributed by atoms with van der Waals surface area (Å²) in [4.78, 5) is 29.5. The number of rotatable bonds is 8. The molecule has 7 heteroatoms. The Kier molecular flexibility index (Phi) is 7.40. The number of nitrogens with one attached hydrogen (secondary N) is 1. The lowest BCUT2D eigenvalue weighted by atomic mass is 10.0. The Balaban J connectivity index is 1.77. The molecule has 0 spiro atoms. The molecule has 3 aromatic rings. The molecule has 2 amide bonds. The molecule has 1 saturated carbocycles. The third-order valence-electron chi connectivity index (χ3n) is 5.93. The second kappa shape index (κ2) is 10.6. The summed E-state index contributed by atoms with van der Waals surface area (Å²) in [6.45, 7) is 0. The lowest BCUT2D eigenvalue weighted by Crippen LogP contribution is -2.47. The van der Waals surface area contributed by atoms with Crippen molar-refractivity contribution in [3.8, 4) is 5.75 Å². The lowest BCUT2D eigenvalue weighted by molar-refractivity contribution is -0.127. The van der Waals surface area contributed by atoms with Crippen molar-refractivity contribution in [1.82, 2.24) is 5.32 Å². The van der Waals surface area contributed by atoms with Crippen molar-refractivity contribution in [1.29, 1.82) is 0 Å². The number of carbonyl (C=O) groups is 2. The molecular formula is C26H27FN2O3S. The molecule has 0 bridgehead atoms. The molecule has 1 fully saturated rings.